The number of carbonyl (C=O) groups excluding carboxylic acids is 1. The largest absolute Gasteiger partial charge is 0.509 e. The monoisotopic (exact) mass is 354 g/mol. The highest BCUT2D eigenvalue weighted by molar-refractivity contribution is 5.60. The van der Waals surface area contributed by atoms with Crippen LogP contribution in [0.15, 0.2) is 0 Å². The van der Waals surface area contributed by atoms with E-state index in [0.717, 1.165) is 32.2 Å². The van der Waals surface area contributed by atoms with Gasteiger partial charge in [-0.1, -0.05) is 90.4 Å². The average Bonchev–Trinajstić information content (AvgIpc) is 3.11. The lowest BCUT2D eigenvalue weighted by molar-refractivity contribution is 0.0168. The van der Waals surface area contributed by atoms with Gasteiger partial charge in [0.2, 0.25) is 0 Å². The molecule has 4 heteroatoms. The van der Waals surface area contributed by atoms with Crippen molar-refractivity contribution in [1.82, 2.24) is 5.32 Å². The van der Waals surface area contributed by atoms with Gasteiger partial charge in [-0.3, -0.25) is 0 Å². The van der Waals surface area contributed by atoms with Gasteiger partial charge in [0.05, 0.1) is 6.61 Å². The van der Waals surface area contributed by atoms with Crippen molar-refractivity contribution in [2.45, 2.75) is 116 Å². The Bertz CT molecular complexity index is 304. The Morgan fingerprint density at radius 3 is 1.84 bits per heavy atom. The number of rotatable bonds is 16. The standard InChI is InChI=1S/C21H40NO3/c1-2-3-4-5-6-7-8-9-10-11-12-13-14-15-19-24-21(23)25-20-17-16-18-22-20/h20H,2-19H2,1H3. The smallest absolute Gasteiger partial charge is 0.434 e. The summed E-state index contributed by atoms with van der Waals surface area (Å²) in [6.07, 6.45) is 19.7. The van der Waals surface area contributed by atoms with E-state index >= 15 is 0 Å². The molecule has 0 amide bonds. The van der Waals surface area contributed by atoms with Crippen LogP contribution >= 0.6 is 0 Å². The molecular weight excluding hydrogens is 314 g/mol. The van der Waals surface area contributed by atoms with E-state index in [4.69, 9.17) is 9.47 Å². The number of nitrogens with zero attached hydrogens (tertiary/aromatic N) is 1. The van der Waals surface area contributed by atoms with Crippen molar-refractivity contribution in [3.8, 4) is 0 Å². The fraction of sp³-hybridized carbons (Fsp3) is 0.952. The fourth-order valence-electron chi connectivity index (χ4n) is 3.29. The van der Waals surface area contributed by atoms with Crippen molar-refractivity contribution < 1.29 is 14.3 Å². The number of carbonyl (C=O) groups is 1. The Balaban J connectivity index is 1.71. The summed E-state index contributed by atoms with van der Waals surface area (Å²) < 4.78 is 10.2. The summed E-state index contributed by atoms with van der Waals surface area (Å²) in [5.74, 6) is 0. The van der Waals surface area contributed by atoms with Crippen molar-refractivity contribution in [2.75, 3.05) is 13.2 Å². The van der Waals surface area contributed by atoms with Crippen molar-refractivity contribution in [1.29, 1.82) is 0 Å². The molecule has 1 aliphatic rings. The molecule has 1 unspecified atom stereocenters. The number of hydrogen-bond acceptors (Lipinski definition) is 3. The van der Waals surface area contributed by atoms with E-state index in [9.17, 15) is 4.79 Å². The molecule has 0 bridgehead atoms. The first-order valence-electron chi connectivity index (χ1n) is 10.8. The lowest BCUT2D eigenvalue weighted by Gasteiger charge is -2.10. The molecular formula is C21H40NO3. The van der Waals surface area contributed by atoms with Gasteiger partial charge in [-0.15, -0.1) is 0 Å². The summed E-state index contributed by atoms with van der Waals surface area (Å²) in [6.45, 7) is 3.55. The normalized spacial score (nSPS) is 16.9. The third kappa shape index (κ3) is 14.1. The molecule has 1 fully saturated rings. The second-order valence-electron chi connectivity index (χ2n) is 7.32. The molecule has 0 N–H and O–H groups in total. The first-order chi connectivity index (χ1) is 12.3. The first-order valence-corrected chi connectivity index (χ1v) is 10.8. The van der Waals surface area contributed by atoms with E-state index in [0.29, 0.717) is 6.61 Å². The molecule has 0 saturated carbocycles. The zero-order valence-electron chi connectivity index (χ0n) is 16.5. The van der Waals surface area contributed by atoms with Gasteiger partial charge in [-0.05, 0) is 12.8 Å². The van der Waals surface area contributed by atoms with E-state index in [1.54, 1.807) is 0 Å². The van der Waals surface area contributed by atoms with Crippen LogP contribution in [0.2, 0.25) is 0 Å². The number of hydrogen-bond donors (Lipinski definition) is 0. The first kappa shape index (κ1) is 22.3. The lowest BCUT2D eigenvalue weighted by Crippen LogP contribution is -2.23. The SMILES string of the molecule is CCCCCCCCCCCCCCCCOC(=O)OC1CCC[N]1. The third-order valence-corrected chi connectivity index (χ3v) is 4.89. The summed E-state index contributed by atoms with van der Waals surface area (Å²) in [7, 11) is 0. The predicted octanol–water partition coefficient (Wildman–Crippen LogP) is 6.35. The highest BCUT2D eigenvalue weighted by Gasteiger charge is 2.20. The quantitative estimate of drug-likeness (QED) is 0.240. The van der Waals surface area contributed by atoms with Gasteiger partial charge in [-0.2, -0.15) is 0 Å². The van der Waals surface area contributed by atoms with Crippen LogP contribution in [-0.4, -0.2) is 25.5 Å². The topological polar surface area (TPSA) is 49.6 Å². The van der Waals surface area contributed by atoms with Crippen LogP contribution in [0.4, 0.5) is 4.79 Å². The molecule has 1 rings (SSSR count). The number of ether oxygens (including phenoxy) is 2. The molecule has 25 heavy (non-hydrogen) atoms. The van der Waals surface area contributed by atoms with Crippen LogP contribution in [0.25, 0.3) is 0 Å². The van der Waals surface area contributed by atoms with Gasteiger partial charge in [0.1, 0.15) is 0 Å². The molecule has 147 valence electrons. The molecule has 0 aromatic heterocycles. The van der Waals surface area contributed by atoms with Gasteiger partial charge in [-0.25, -0.2) is 10.1 Å². The lowest BCUT2D eigenvalue weighted by atomic mass is 10.0. The van der Waals surface area contributed by atoms with Gasteiger partial charge in [0.25, 0.3) is 0 Å². The Morgan fingerprint density at radius 2 is 1.36 bits per heavy atom. The highest BCUT2D eigenvalue weighted by atomic mass is 16.7. The van der Waals surface area contributed by atoms with Gasteiger partial charge in [0.15, 0.2) is 6.23 Å². The maximum Gasteiger partial charge on any atom is 0.509 e. The maximum atomic E-state index is 11.4. The van der Waals surface area contributed by atoms with Crippen LogP contribution in [0.3, 0.4) is 0 Å². The molecule has 1 saturated heterocycles. The van der Waals surface area contributed by atoms with E-state index in [-0.39, 0.29) is 6.23 Å². The Morgan fingerprint density at radius 1 is 0.840 bits per heavy atom. The van der Waals surface area contributed by atoms with E-state index in [1.165, 1.54) is 77.0 Å². The molecule has 0 aliphatic carbocycles. The van der Waals surface area contributed by atoms with Crippen molar-refractivity contribution >= 4 is 6.16 Å². The molecule has 0 spiro atoms. The van der Waals surface area contributed by atoms with Crippen molar-refractivity contribution in [3.05, 3.63) is 0 Å². The van der Waals surface area contributed by atoms with Gasteiger partial charge >= 0.3 is 6.16 Å². The summed E-state index contributed by atoms with van der Waals surface area (Å²) in [6, 6.07) is 0. The highest BCUT2D eigenvalue weighted by Crippen LogP contribution is 2.13. The second kappa shape index (κ2) is 16.7. The Hall–Kier alpha value is -0.770. The summed E-state index contributed by atoms with van der Waals surface area (Å²) in [5, 5.41) is 4.17. The average molecular weight is 355 g/mol. The molecule has 1 radical (unpaired) electrons. The molecule has 1 aliphatic heterocycles. The maximum absolute atomic E-state index is 11.4. The molecule has 4 nitrogen and oxygen atoms in total. The van der Waals surface area contributed by atoms with Crippen LogP contribution < -0.4 is 5.32 Å². The Labute approximate surface area is 155 Å². The second-order valence-corrected chi connectivity index (χ2v) is 7.32. The predicted molar refractivity (Wildman–Crippen MR) is 103 cm³/mol. The number of unbranched alkanes of at least 4 members (excludes halogenated alkanes) is 13. The minimum absolute atomic E-state index is 0.260. The van der Waals surface area contributed by atoms with E-state index < -0.39 is 6.16 Å². The summed E-state index contributed by atoms with van der Waals surface area (Å²) in [5.41, 5.74) is 0. The molecule has 0 aromatic rings. The molecule has 0 aromatic carbocycles. The minimum atomic E-state index is -0.551. The zero-order valence-corrected chi connectivity index (χ0v) is 16.5. The third-order valence-electron chi connectivity index (χ3n) is 4.89. The van der Waals surface area contributed by atoms with E-state index in [1.807, 2.05) is 0 Å². The van der Waals surface area contributed by atoms with E-state index in [2.05, 4.69) is 12.2 Å². The summed E-state index contributed by atoms with van der Waals surface area (Å²) >= 11 is 0. The Kier molecular flexibility index (Phi) is 14.9. The van der Waals surface area contributed by atoms with Crippen molar-refractivity contribution in [3.63, 3.8) is 0 Å². The van der Waals surface area contributed by atoms with Gasteiger partial charge < -0.3 is 9.47 Å². The summed E-state index contributed by atoms with van der Waals surface area (Å²) in [4.78, 5) is 11.4. The van der Waals surface area contributed by atoms with Crippen LogP contribution in [-0.2, 0) is 9.47 Å². The molecule has 1 heterocycles. The minimum Gasteiger partial charge on any atom is -0.434 e. The van der Waals surface area contributed by atoms with Crippen LogP contribution in [0.5, 0.6) is 0 Å². The van der Waals surface area contributed by atoms with Crippen LogP contribution in [0.1, 0.15) is 110 Å². The van der Waals surface area contributed by atoms with Gasteiger partial charge in [0, 0.05) is 13.0 Å². The van der Waals surface area contributed by atoms with Crippen molar-refractivity contribution in [2.24, 2.45) is 0 Å². The molecule has 1 atom stereocenters. The zero-order chi connectivity index (χ0) is 18.0. The van der Waals surface area contributed by atoms with Crippen LogP contribution in [0, 0.1) is 0 Å². The fourth-order valence-corrected chi connectivity index (χ4v) is 3.29.